The fourth-order valence-electron chi connectivity index (χ4n) is 1.55. The lowest BCUT2D eigenvalue weighted by atomic mass is 10.1. The van der Waals surface area contributed by atoms with Crippen molar-refractivity contribution in [1.82, 2.24) is 0 Å². The van der Waals surface area contributed by atoms with Gasteiger partial charge in [-0.15, -0.1) is 0 Å². The van der Waals surface area contributed by atoms with Crippen molar-refractivity contribution in [1.29, 1.82) is 0 Å². The fraction of sp³-hybridized carbons (Fsp3) is 0.214. The van der Waals surface area contributed by atoms with Gasteiger partial charge in [0, 0.05) is 18.3 Å². The standard InChI is InChI=1S/C14H16ClN3O3/c1-8(16)12(13(17)18-2)14(20)21-7-11(19)9-5-3-4-6-10(9)15/h3-6H,7,16H2,1-2H3,(H2,17,18)/b12-8+. The number of hydrogen-bond acceptors (Lipinski definition) is 5. The first kappa shape index (κ1) is 16.7. The summed E-state index contributed by atoms with van der Waals surface area (Å²) in [6.45, 7) is 1.03. The molecule has 0 atom stereocenters. The van der Waals surface area contributed by atoms with Gasteiger partial charge in [0.1, 0.15) is 11.4 Å². The number of halogens is 1. The Labute approximate surface area is 127 Å². The zero-order chi connectivity index (χ0) is 16.0. The molecule has 0 saturated carbocycles. The first-order chi connectivity index (χ1) is 9.88. The summed E-state index contributed by atoms with van der Waals surface area (Å²) in [5.74, 6) is -1.28. The Morgan fingerprint density at radius 3 is 2.43 bits per heavy atom. The van der Waals surface area contributed by atoms with Crippen LogP contribution in [0.1, 0.15) is 17.3 Å². The number of allylic oxidation sites excluding steroid dienone is 1. The Morgan fingerprint density at radius 2 is 1.90 bits per heavy atom. The van der Waals surface area contributed by atoms with Crippen molar-refractivity contribution in [3.8, 4) is 0 Å². The van der Waals surface area contributed by atoms with Crippen LogP contribution in [-0.4, -0.2) is 31.2 Å². The quantitative estimate of drug-likeness (QED) is 0.280. The van der Waals surface area contributed by atoms with Gasteiger partial charge in [-0.3, -0.25) is 9.79 Å². The second kappa shape index (κ2) is 7.44. The van der Waals surface area contributed by atoms with Crippen molar-refractivity contribution in [3.63, 3.8) is 0 Å². The number of nitrogens with zero attached hydrogens (tertiary/aromatic N) is 1. The van der Waals surface area contributed by atoms with E-state index < -0.39 is 18.4 Å². The Hall–Kier alpha value is -2.34. The van der Waals surface area contributed by atoms with Crippen LogP contribution in [0.15, 0.2) is 40.5 Å². The summed E-state index contributed by atoms with van der Waals surface area (Å²) in [4.78, 5) is 27.5. The molecule has 0 radical (unpaired) electrons. The third kappa shape index (κ3) is 4.32. The predicted molar refractivity (Wildman–Crippen MR) is 81.2 cm³/mol. The van der Waals surface area contributed by atoms with E-state index in [2.05, 4.69) is 4.99 Å². The topological polar surface area (TPSA) is 108 Å². The van der Waals surface area contributed by atoms with E-state index in [-0.39, 0.29) is 22.7 Å². The van der Waals surface area contributed by atoms with Crippen molar-refractivity contribution in [2.45, 2.75) is 6.92 Å². The minimum absolute atomic E-state index is 0.0507. The molecule has 1 rings (SSSR count). The molecule has 0 bridgehead atoms. The molecule has 1 aromatic rings. The van der Waals surface area contributed by atoms with Crippen LogP contribution >= 0.6 is 11.6 Å². The number of Topliss-reactive ketones (excluding diaryl/α,β-unsaturated/α-hetero) is 1. The number of carbonyl (C=O) groups excluding carboxylic acids is 2. The molecule has 4 N–H and O–H groups in total. The second-order valence-electron chi connectivity index (χ2n) is 4.15. The number of amidine groups is 1. The van der Waals surface area contributed by atoms with Crippen LogP contribution in [0.5, 0.6) is 0 Å². The lowest BCUT2D eigenvalue weighted by Crippen LogP contribution is -2.27. The van der Waals surface area contributed by atoms with Crippen LogP contribution in [0.25, 0.3) is 0 Å². The van der Waals surface area contributed by atoms with Crippen LogP contribution < -0.4 is 11.5 Å². The molecule has 0 amide bonds. The van der Waals surface area contributed by atoms with E-state index in [1.165, 1.54) is 14.0 Å². The summed E-state index contributed by atoms with van der Waals surface area (Å²) < 4.78 is 4.91. The van der Waals surface area contributed by atoms with Gasteiger partial charge in [0.15, 0.2) is 6.61 Å². The Kier molecular flexibility index (Phi) is 5.92. The van der Waals surface area contributed by atoms with Gasteiger partial charge < -0.3 is 16.2 Å². The third-order valence-electron chi connectivity index (χ3n) is 2.60. The number of ketones is 1. The molecule has 0 aliphatic carbocycles. The van der Waals surface area contributed by atoms with Crippen LogP contribution in [0.2, 0.25) is 5.02 Å². The van der Waals surface area contributed by atoms with Crippen molar-refractivity contribution in [3.05, 3.63) is 46.1 Å². The van der Waals surface area contributed by atoms with Gasteiger partial charge in [0.05, 0.1) is 5.02 Å². The highest BCUT2D eigenvalue weighted by Crippen LogP contribution is 2.15. The molecular weight excluding hydrogens is 294 g/mol. The van der Waals surface area contributed by atoms with Crippen LogP contribution in [-0.2, 0) is 9.53 Å². The number of benzene rings is 1. The summed E-state index contributed by atoms with van der Waals surface area (Å²) in [6, 6.07) is 6.49. The molecule has 0 fully saturated rings. The van der Waals surface area contributed by atoms with Gasteiger partial charge in [-0.25, -0.2) is 4.79 Å². The van der Waals surface area contributed by atoms with Gasteiger partial charge in [0.2, 0.25) is 5.78 Å². The fourth-order valence-corrected chi connectivity index (χ4v) is 1.79. The van der Waals surface area contributed by atoms with Crippen LogP contribution in [0, 0.1) is 0 Å². The van der Waals surface area contributed by atoms with E-state index in [0.717, 1.165) is 0 Å². The lowest BCUT2D eigenvalue weighted by Gasteiger charge is -2.09. The predicted octanol–water partition coefficient (Wildman–Crippen LogP) is 1.29. The van der Waals surface area contributed by atoms with E-state index >= 15 is 0 Å². The molecule has 7 heteroatoms. The minimum Gasteiger partial charge on any atom is -0.454 e. The molecule has 0 saturated heterocycles. The molecule has 21 heavy (non-hydrogen) atoms. The van der Waals surface area contributed by atoms with Crippen LogP contribution in [0.3, 0.4) is 0 Å². The number of rotatable bonds is 5. The SMILES string of the molecule is CN=C(N)/C(C(=O)OCC(=O)c1ccccc1Cl)=C(/C)N. The molecule has 0 unspecified atom stereocenters. The summed E-state index contributed by atoms with van der Waals surface area (Å²) in [6.07, 6.45) is 0. The molecule has 0 heterocycles. The Bertz CT molecular complexity index is 620. The highest BCUT2D eigenvalue weighted by molar-refractivity contribution is 6.34. The van der Waals surface area contributed by atoms with Crippen LogP contribution in [0.4, 0.5) is 0 Å². The summed E-state index contributed by atoms with van der Waals surface area (Å²) in [5, 5.41) is 0.291. The molecule has 1 aromatic carbocycles. The first-order valence-corrected chi connectivity index (χ1v) is 6.40. The monoisotopic (exact) mass is 309 g/mol. The van der Waals surface area contributed by atoms with Gasteiger partial charge in [-0.05, 0) is 19.1 Å². The number of esters is 1. The molecule has 0 spiro atoms. The number of carbonyl (C=O) groups is 2. The van der Waals surface area contributed by atoms with E-state index in [1.807, 2.05) is 0 Å². The Balaban J connectivity index is 2.80. The van der Waals surface area contributed by atoms with E-state index in [4.69, 9.17) is 27.8 Å². The zero-order valence-corrected chi connectivity index (χ0v) is 12.5. The normalized spacial score (nSPS) is 12.6. The number of ether oxygens (including phenoxy) is 1. The lowest BCUT2D eigenvalue weighted by molar-refractivity contribution is -0.137. The van der Waals surface area contributed by atoms with E-state index in [9.17, 15) is 9.59 Å². The number of nitrogens with two attached hydrogens (primary N) is 2. The summed E-state index contributed by atoms with van der Waals surface area (Å²) in [5.41, 5.74) is 11.5. The average molecular weight is 310 g/mol. The molecular formula is C14H16ClN3O3. The molecule has 0 aliphatic rings. The van der Waals surface area contributed by atoms with Gasteiger partial charge in [-0.1, -0.05) is 23.7 Å². The molecule has 112 valence electrons. The van der Waals surface area contributed by atoms with Crippen molar-refractivity contribution < 1.29 is 14.3 Å². The van der Waals surface area contributed by atoms with Crippen molar-refractivity contribution in [2.75, 3.05) is 13.7 Å². The maximum absolute atomic E-state index is 11.9. The highest BCUT2D eigenvalue weighted by Gasteiger charge is 2.19. The van der Waals surface area contributed by atoms with Gasteiger partial charge in [-0.2, -0.15) is 0 Å². The average Bonchev–Trinajstić information content (AvgIpc) is 2.44. The summed E-state index contributed by atoms with van der Waals surface area (Å²) >= 11 is 5.89. The molecule has 6 nitrogen and oxygen atoms in total. The third-order valence-corrected chi connectivity index (χ3v) is 2.93. The maximum Gasteiger partial charge on any atom is 0.344 e. The molecule has 0 aromatic heterocycles. The Morgan fingerprint density at radius 1 is 1.29 bits per heavy atom. The van der Waals surface area contributed by atoms with Crippen molar-refractivity contribution in [2.24, 2.45) is 16.5 Å². The second-order valence-corrected chi connectivity index (χ2v) is 4.55. The van der Waals surface area contributed by atoms with Gasteiger partial charge in [0.25, 0.3) is 0 Å². The number of hydrogen-bond donors (Lipinski definition) is 2. The smallest absolute Gasteiger partial charge is 0.344 e. The highest BCUT2D eigenvalue weighted by atomic mass is 35.5. The van der Waals surface area contributed by atoms with Crippen molar-refractivity contribution >= 4 is 29.2 Å². The summed E-state index contributed by atoms with van der Waals surface area (Å²) in [7, 11) is 1.42. The molecule has 0 aliphatic heterocycles. The van der Waals surface area contributed by atoms with Gasteiger partial charge >= 0.3 is 5.97 Å². The maximum atomic E-state index is 11.9. The first-order valence-electron chi connectivity index (χ1n) is 6.02. The van der Waals surface area contributed by atoms with E-state index in [1.54, 1.807) is 24.3 Å². The van der Waals surface area contributed by atoms with E-state index in [0.29, 0.717) is 5.02 Å². The number of aliphatic imine (C=N–C) groups is 1. The minimum atomic E-state index is -0.807. The zero-order valence-electron chi connectivity index (χ0n) is 11.7. The largest absolute Gasteiger partial charge is 0.454 e.